The Labute approximate surface area is 210 Å². The highest BCUT2D eigenvalue weighted by molar-refractivity contribution is 5.92. The van der Waals surface area contributed by atoms with E-state index in [9.17, 15) is 24.3 Å². The number of benzene rings is 2. The third-order valence-corrected chi connectivity index (χ3v) is 6.99. The summed E-state index contributed by atoms with van der Waals surface area (Å²) in [6.45, 7) is 0.988. The summed E-state index contributed by atoms with van der Waals surface area (Å²) in [6, 6.07) is 17.2. The Hall–Kier alpha value is -3.68. The summed E-state index contributed by atoms with van der Waals surface area (Å²) in [5.41, 5.74) is 1.72. The second kappa shape index (κ2) is 11.8. The highest BCUT2D eigenvalue weighted by Crippen LogP contribution is 2.27. The Balaban J connectivity index is 1.38. The van der Waals surface area contributed by atoms with Gasteiger partial charge in [0.2, 0.25) is 11.8 Å². The average Bonchev–Trinajstić information content (AvgIpc) is 3.58. The van der Waals surface area contributed by atoms with E-state index in [1.54, 1.807) is 4.90 Å². The normalized spacial score (nSPS) is 20.2. The van der Waals surface area contributed by atoms with Crippen LogP contribution in [0.2, 0.25) is 0 Å². The van der Waals surface area contributed by atoms with Crippen LogP contribution in [0.1, 0.15) is 43.2 Å². The highest BCUT2D eigenvalue weighted by Gasteiger charge is 2.43. The maximum Gasteiger partial charge on any atom is 0.329 e. The maximum atomic E-state index is 13.5. The van der Waals surface area contributed by atoms with Crippen molar-refractivity contribution in [1.82, 2.24) is 9.80 Å². The number of carbonyl (C=O) groups excluding carboxylic acids is 3. The summed E-state index contributed by atoms with van der Waals surface area (Å²) in [6.07, 6.45) is 2.46. The minimum atomic E-state index is -1.03. The lowest BCUT2D eigenvalue weighted by Crippen LogP contribution is -2.51. The maximum absolute atomic E-state index is 13.5. The molecule has 0 radical (unpaired) electrons. The summed E-state index contributed by atoms with van der Waals surface area (Å²) >= 11 is 0. The van der Waals surface area contributed by atoms with Crippen LogP contribution >= 0.6 is 0 Å². The van der Waals surface area contributed by atoms with Gasteiger partial charge in [0.25, 0.3) is 0 Å². The fraction of sp³-hybridized carbons (Fsp3) is 0.429. The molecule has 2 heterocycles. The number of aliphatic carboxylic acids is 1. The lowest BCUT2D eigenvalue weighted by molar-refractivity contribution is -0.157. The number of hydrogen-bond donors (Lipinski definition) is 1. The first-order valence-electron chi connectivity index (χ1n) is 12.5. The second-order valence-corrected chi connectivity index (χ2v) is 9.46. The van der Waals surface area contributed by atoms with Crippen molar-refractivity contribution in [2.24, 2.45) is 5.92 Å². The van der Waals surface area contributed by atoms with Gasteiger partial charge in [0.15, 0.2) is 0 Å². The minimum Gasteiger partial charge on any atom is -0.481 e. The Morgan fingerprint density at radius 1 is 0.833 bits per heavy atom. The van der Waals surface area contributed by atoms with Gasteiger partial charge in [0.05, 0.1) is 5.92 Å². The smallest absolute Gasteiger partial charge is 0.329 e. The van der Waals surface area contributed by atoms with Crippen molar-refractivity contribution in [3.8, 4) is 0 Å². The van der Waals surface area contributed by atoms with Crippen molar-refractivity contribution in [2.75, 3.05) is 13.1 Å². The molecule has 2 fully saturated rings. The number of carboxylic acid groups (broad SMARTS) is 1. The zero-order valence-electron chi connectivity index (χ0n) is 20.3. The SMILES string of the molecule is O=C(O)C(CC(=O)N1CCC[C@@H]1C(=O)N1CCC[C@H]1C(=O)OCc1ccccc1)Cc1ccccc1. The number of amides is 2. The molecule has 8 heteroatoms. The highest BCUT2D eigenvalue weighted by atomic mass is 16.5. The van der Waals surface area contributed by atoms with Crippen molar-refractivity contribution in [3.05, 3.63) is 71.8 Å². The lowest BCUT2D eigenvalue weighted by atomic mass is 9.95. The standard InChI is InChI=1S/C28H32N2O6/c31-25(18-22(27(33)34)17-20-9-3-1-4-10-20)29-15-7-13-23(29)26(32)30-16-8-14-24(30)28(35)36-19-21-11-5-2-6-12-21/h1-6,9-12,22-24H,7-8,13-19H2,(H,33,34)/t22?,23-,24+/m1/s1. The molecular weight excluding hydrogens is 460 g/mol. The number of rotatable bonds is 9. The number of hydrogen-bond acceptors (Lipinski definition) is 5. The predicted molar refractivity (Wildman–Crippen MR) is 132 cm³/mol. The van der Waals surface area contributed by atoms with E-state index >= 15 is 0 Å². The van der Waals surface area contributed by atoms with E-state index in [1.165, 1.54) is 4.90 Å². The largest absolute Gasteiger partial charge is 0.481 e. The van der Waals surface area contributed by atoms with E-state index in [4.69, 9.17) is 4.74 Å². The third kappa shape index (κ3) is 6.11. The van der Waals surface area contributed by atoms with Crippen molar-refractivity contribution in [3.63, 3.8) is 0 Å². The van der Waals surface area contributed by atoms with Crippen molar-refractivity contribution < 1.29 is 29.0 Å². The Bertz CT molecular complexity index is 1070. The molecule has 3 atom stereocenters. The Morgan fingerprint density at radius 3 is 2.06 bits per heavy atom. The first kappa shape index (κ1) is 25.4. The topological polar surface area (TPSA) is 104 Å². The number of ether oxygens (including phenoxy) is 1. The van der Waals surface area contributed by atoms with Gasteiger partial charge < -0.3 is 19.6 Å². The molecule has 0 bridgehead atoms. The molecule has 190 valence electrons. The summed E-state index contributed by atoms with van der Waals surface area (Å²) in [4.78, 5) is 54.3. The van der Waals surface area contributed by atoms with Gasteiger partial charge in [0, 0.05) is 19.5 Å². The van der Waals surface area contributed by atoms with Crippen LogP contribution in [-0.2, 0) is 36.9 Å². The van der Waals surface area contributed by atoms with Crippen LogP contribution in [0.25, 0.3) is 0 Å². The summed E-state index contributed by atoms with van der Waals surface area (Å²) in [5.74, 6) is -2.93. The fourth-order valence-electron chi connectivity index (χ4n) is 5.09. The van der Waals surface area contributed by atoms with Crippen molar-refractivity contribution >= 4 is 23.8 Å². The summed E-state index contributed by atoms with van der Waals surface area (Å²) in [5, 5.41) is 9.71. The minimum absolute atomic E-state index is 0.143. The molecule has 2 aromatic rings. The van der Waals surface area contributed by atoms with Gasteiger partial charge in [-0.1, -0.05) is 60.7 Å². The molecule has 2 aliphatic heterocycles. The number of carboxylic acids is 1. The zero-order chi connectivity index (χ0) is 25.5. The summed E-state index contributed by atoms with van der Waals surface area (Å²) in [7, 11) is 0. The Kier molecular flexibility index (Phi) is 8.36. The van der Waals surface area contributed by atoms with E-state index < -0.39 is 29.9 Å². The molecule has 0 saturated carbocycles. The van der Waals surface area contributed by atoms with E-state index in [-0.39, 0.29) is 31.3 Å². The number of likely N-dealkylation sites (tertiary alicyclic amines) is 2. The monoisotopic (exact) mass is 492 g/mol. The van der Waals surface area contributed by atoms with Gasteiger partial charge in [-0.25, -0.2) is 4.79 Å². The Morgan fingerprint density at radius 2 is 1.42 bits per heavy atom. The van der Waals surface area contributed by atoms with Crippen molar-refractivity contribution in [2.45, 2.75) is 57.2 Å². The van der Waals surface area contributed by atoms with E-state index in [1.807, 2.05) is 60.7 Å². The molecule has 0 aromatic heterocycles. The van der Waals surface area contributed by atoms with Gasteiger partial charge in [-0.3, -0.25) is 14.4 Å². The van der Waals surface area contributed by atoms with Crippen LogP contribution in [0.3, 0.4) is 0 Å². The molecule has 36 heavy (non-hydrogen) atoms. The first-order chi connectivity index (χ1) is 17.4. The van der Waals surface area contributed by atoms with Crippen LogP contribution in [0, 0.1) is 5.92 Å². The van der Waals surface area contributed by atoms with Gasteiger partial charge in [-0.15, -0.1) is 0 Å². The van der Waals surface area contributed by atoms with Crippen LogP contribution in [-0.4, -0.2) is 63.8 Å². The van der Waals surface area contributed by atoms with Crippen molar-refractivity contribution in [1.29, 1.82) is 0 Å². The van der Waals surface area contributed by atoms with Gasteiger partial charge >= 0.3 is 11.9 Å². The van der Waals surface area contributed by atoms with Crippen LogP contribution in [0.5, 0.6) is 0 Å². The summed E-state index contributed by atoms with van der Waals surface area (Å²) < 4.78 is 5.49. The van der Waals surface area contributed by atoms with Gasteiger partial charge in [0.1, 0.15) is 18.7 Å². The molecular formula is C28H32N2O6. The predicted octanol–water partition coefficient (Wildman–Crippen LogP) is 3.05. The van der Waals surface area contributed by atoms with E-state index in [0.29, 0.717) is 38.8 Å². The molecule has 1 N–H and O–H groups in total. The zero-order valence-corrected chi connectivity index (χ0v) is 20.3. The van der Waals surface area contributed by atoms with Crippen LogP contribution < -0.4 is 0 Å². The number of esters is 1. The number of carbonyl (C=O) groups is 4. The molecule has 2 aromatic carbocycles. The molecule has 0 spiro atoms. The van der Waals surface area contributed by atoms with Gasteiger partial charge in [-0.05, 0) is 43.2 Å². The number of nitrogens with zero attached hydrogens (tertiary/aromatic N) is 2. The molecule has 4 rings (SSSR count). The molecule has 0 aliphatic carbocycles. The molecule has 8 nitrogen and oxygen atoms in total. The third-order valence-electron chi connectivity index (χ3n) is 6.99. The molecule has 2 amide bonds. The lowest BCUT2D eigenvalue weighted by Gasteiger charge is -2.31. The average molecular weight is 493 g/mol. The quantitative estimate of drug-likeness (QED) is 0.540. The molecule has 2 aliphatic rings. The second-order valence-electron chi connectivity index (χ2n) is 9.46. The first-order valence-corrected chi connectivity index (χ1v) is 12.5. The van der Waals surface area contributed by atoms with E-state index in [0.717, 1.165) is 11.1 Å². The molecule has 2 saturated heterocycles. The molecule has 1 unspecified atom stereocenters. The van der Waals surface area contributed by atoms with Gasteiger partial charge in [-0.2, -0.15) is 0 Å². The fourth-order valence-corrected chi connectivity index (χ4v) is 5.09. The van der Waals surface area contributed by atoms with Crippen LogP contribution in [0.4, 0.5) is 0 Å². The van der Waals surface area contributed by atoms with Crippen LogP contribution in [0.15, 0.2) is 60.7 Å². The van der Waals surface area contributed by atoms with E-state index in [2.05, 4.69) is 0 Å².